The van der Waals surface area contributed by atoms with E-state index in [-0.39, 0.29) is 17.6 Å². The second-order valence-electron chi connectivity index (χ2n) is 5.05. The Bertz CT molecular complexity index is 543. The van der Waals surface area contributed by atoms with Crippen molar-refractivity contribution in [2.24, 2.45) is 0 Å². The van der Waals surface area contributed by atoms with E-state index in [1.807, 2.05) is 11.8 Å². The molecule has 1 aromatic carbocycles. The van der Waals surface area contributed by atoms with Crippen molar-refractivity contribution < 1.29 is 9.72 Å². The molecule has 1 aliphatic heterocycles. The highest BCUT2D eigenvalue weighted by atomic mass is 16.6. The summed E-state index contributed by atoms with van der Waals surface area (Å²) in [7, 11) is 1.54. The van der Waals surface area contributed by atoms with Crippen LogP contribution in [-0.4, -0.2) is 43.6 Å². The molecule has 0 saturated carbocycles. The summed E-state index contributed by atoms with van der Waals surface area (Å²) >= 11 is 0. The van der Waals surface area contributed by atoms with Crippen LogP contribution in [0.2, 0.25) is 0 Å². The molecule has 0 spiro atoms. The zero-order chi connectivity index (χ0) is 15.4. The van der Waals surface area contributed by atoms with E-state index in [4.69, 9.17) is 0 Å². The molecule has 2 rings (SSSR count). The van der Waals surface area contributed by atoms with Crippen molar-refractivity contribution in [1.82, 2.24) is 10.6 Å². The monoisotopic (exact) mass is 292 g/mol. The highest BCUT2D eigenvalue weighted by Gasteiger charge is 2.29. The number of anilines is 1. The second kappa shape index (κ2) is 6.53. The summed E-state index contributed by atoms with van der Waals surface area (Å²) < 4.78 is 0. The maximum atomic E-state index is 11.8. The lowest BCUT2D eigenvalue weighted by Crippen LogP contribution is -2.57. The summed E-state index contributed by atoms with van der Waals surface area (Å²) in [6, 6.07) is 4.76. The van der Waals surface area contributed by atoms with E-state index in [1.165, 1.54) is 12.1 Å². The molecule has 114 valence electrons. The Kier molecular flexibility index (Phi) is 4.74. The van der Waals surface area contributed by atoms with Gasteiger partial charge in [-0.05, 0) is 18.6 Å². The average Bonchev–Trinajstić information content (AvgIpc) is 2.43. The van der Waals surface area contributed by atoms with Crippen LogP contribution >= 0.6 is 0 Å². The highest BCUT2D eigenvalue weighted by molar-refractivity contribution is 5.95. The van der Waals surface area contributed by atoms with Gasteiger partial charge in [0.15, 0.2) is 0 Å². The van der Waals surface area contributed by atoms with E-state index in [1.54, 1.807) is 13.1 Å². The number of carbonyl (C=O) groups excluding carboxylic acids is 1. The SMILES string of the molecule is CCCN(c1cc(C(=O)NC)ccc1[N+](=O)[O-])C1CNC1. The number of nitrogens with one attached hydrogen (secondary N) is 2. The zero-order valence-corrected chi connectivity index (χ0v) is 12.3. The number of amides is 1. The zero-order valence-electron chi connectivity index (χ0n) is 12.3. The predicted octanol–water partition coefficient (Wildman–Crippen LogP) is 1.14. The van der Waals surface area contributed by atoms with E-state index in [9.17, 15) is 14.9 Å². The van der Waals surface area contributed by atoms with Crippen molar-refractivity contribution >= 4 is 17.3 Å². The number of hydrogen-bond acceptors (Lipinski definition) is 5. The summed E-state index contributed by atoms with van der Waals surface area (Å²) in [5.74, 6) is -0.241. The van der Waals surface area contributed by atoms with Crippen molar-refractivity contribution in [2.45, 2.75) is 19.4 Å². The fourth-order valence-corrected chi connectivity index (χ4v) is 2.43. The fraction of sp³-hybridized carbons (Fsp3) is 0.500. The normalized spacial score (nSPS) is 14.4. The van der Waals surface area contributed by atoms with Crippen LogP contribution in [0.15, 0.2) is 18.2 Å². The molecular weight excluding hydrogens is 272 g/mol. The largest absolute Gasteiger partial charge is 0.360 e. The van der Waals surface area contributed by atoms with Gasteiger partial charge in [-0.25, -0.2) is 0 Å². The molecule has 1 heterocycles. The molecule has 0 unspecified atom stereocenters. The van der Waals surface area contributed by atoms with Crippen LogP contribution in [0.3, 0.4) is 0 Å². The van der Waals surface area contributed by atoms with Crippen LogP contribution in [0.4, 0.5) is 11.4 Å². The summed E-state index contributed by atoms with van der Waals surface area (Å²) in [5, 5.41) is 17.0. The van der Waals surface area contributed by atoms with Crippen molar-refractivity contribution in [3.8, 4) is 0 Å². The molecule has 21 heavy (non-hydrogen) atoms. The lowest BCUT2D eigenvalue weighted by atomic mass is 10.1. The van der Waals surface area contributed by atoms with Crippen LogP contribution < -0.4 is 15.5 Å². The maximum Gasteiger partial charge on any atom is 0.292 e. The summed E-state index contributed by atoms with van der Waals surface area (Å²) in [6.07, 6.45) is 0.887. The Morgan fingerprint density at radius 1 is 1.52 bits per heavy atom. The van der Waals surface area contributed by atoms with Gasteiger partial charge in [0, 0.05) is 38.3 Å². The molecule has 1 aliphatic rings. The van der Waals surface area contributed by atoms with Gasteiger partial charge in [-0.3, -0.25) is 14.9 Å². The Hall–Kier alpha value is -2.15. The molecule has 1 saturated heterocycles. The number of nitro benzene ring substituents is 1. The van der Waals surface area contributed by atoms with Crippen LogP contribution in [0.1, 0.15) is 23.7 Å². The summed E-state index contributed by atoms with van der Waals surface area (Å²) in [6.45, 7) is 4.38. The number of nitrogens with zero attached hydrogens (tertiary/aromatic N) is 2. The third-order valence-corrected chi connectivity index (χ3v) is 3.64. The number of benzene rings is 1. The van der Waals surface area contributed by atoms with Gasteiger partial charge in [0.1, 0.15) is 5.69 Å². The smallest absolute Gasteiger partial charge is 0.292 e. The first-order valence-corrected chi connectivity index (χ1v) is 7.06. The predicted molar refractivity (Wildman–Crippen MR) is 80.8 cm³/mol. The molecular formula is C14H20N4O3. The maximum absolute atomic E-state index is 11.8. The van der Waals surface area contributed by atoms with Gasteiger partial charge < -0.3 is 15.5 Å². The number of carbonyl (C=O) groups is 1. The van der Waals surface area contributed by atoms with Crippen LogP contribution in [0, 0.1) is 10.1 Å². The van der Waals surface area contributed by atoms with Gasteiger partial charge in [0.05, 0.1) is 11.0 Å². The summed E-state index contributed by atoms with van der Waals surface area (Å²) in [4.78, 5) is 24.7. The summed E-state index contributed by atoms with van der Waals surface area (Å²) in [5.41, 5.74) is 1.00. The van der Waals surface area contributed by atoms with Crippen molar-refractivity contribution in [2.75, 3.05) is 31.6 Å². The van der Waals surface area contributed by atoms with E-state index < -0.39 is 4.92 Å². The van der Waals surface area contributed by atoms with Gasteiger partial charge in [-0.15, -0.1) is 0 Å². The van der Waals surface area contributed by atoms with Crippen LogP contribution in [0.25, 0.3) is 0 Å². The first-order valence-electron chi connectivity index (χ1n) is 7.06. The minimum absolute atomic E-state index is 0.0444. The molecule has 7 nitrogen and oxygen atoms in total. The molecule has 7 heteroatoms. The van der Waals surface area contributed by atoms with Gasteiger partial charge in [-0.2, -0.15) is 0 Å². The Labute approximate surface area is 123 Å². The molecule has 1 aromatic rings. The van der Waals surface area contributed by atoms with Gasteiger partial charge in [0.25, 0.3) is 11.6 Å². The minimum atomic E-state index is -0.391. The van der Waals surface area contributed by atoms with E-state index >= 15 is 0 Å². The molecule has 0 bridgehead atoms. The number of rotatable bonds is 6. The lowest BCUT2D eigenvalue weighted by Gasteiger charge is -2.39. The van der Waals surface area contributed by atoms with Gasteiger partial charge in [0.2, 0.25) is 0 Å². The third-order valence-electron chi connectivity index (χ3n) is 3.64. The van der Waals surface area contributed by atoms with Crippen molar-refractivity contribution in [1.29, 1.82) is 0 Å². The molecule has 1 amide bonds. The minimum Gasteiger partial charge on any atom is -0.360 e. The Balaban J connectivity index is 2.44. The molecule has 0 aromatic heterocycles. The van der Waals surface area contributed by atoms with Crippen molar-refractivity contribution in [3.05, 3.63) is 33.9 Å². The molecule has 0 atom stereocenters. The topological polar surface area (TPSA) is 87.5 Å². The first-order chi connectivity index (χ1) is 10.1. The first kappa shape index (κ1) is 15.2. The standard InChI is InChI=1S/C14H20N4O3/c1-3-6-17(11-8-16-9-11)13-7-10(14(19)15-2)4-5-12(13)18(20)21/h4-5,7,11,16H,3,6,8-9H2,1-2H3,(H,15,19). The fourth-order valence-electron chi connectivity index (χ4n) is 2.43. The van der Waals surface area contributed by atoms with Crippen LogP contribution in [0.5, 0.6) is 0 Å². The Morgan fingerprint density at radius 3 is 2.71 bits per heavy atom. The number of hydrogen-bond donors (Lipinski definition) is 2. The highest BCUT2D eigenvalue weighted by Crippen LogP contribution is 2.31. The lowest BCUT2D eigenvalue weighted by molar-refractivity contribution is -0.384. The van der Waals surface area contributed by atoms with Gasteiger partial charge >= 0.3 is 0 Å². The van der Waals surface area contributed by atoms with E-state index in [0.29, 0.717) is 11.3 Å². The molecule has 0 radical (unpaired) electrons. The van der Waals surface area contributed by atoms with Gasteiger partial charge in [-0.1, -0.05) is 6.92 Å². The quantitative estimate of drug-likeness (QED) is 0.606. The number of nitro groups is 1. The van der Waals surface area contributed by atoms with E-state index in [2.05, 4.69) is 10.6 Å². The van der Waals surface area contributed by atoms with E-state index in [0.717, 1.165) is 26.1 Å². The Morgan fingerprint density at radius 2 is 2.24 bits per heavy atom. The molecule has 0 aliphatic carbocycles. The average molecular weight is 292 g/mol. The molecule has 1 fully saturated rings. The molecule has 2 N–H and O–H groups in total. The van der Waals surface area contributed by atoms with Crippen molar-refractivity contribution in [3.63, 3.8) is 0 Å². The van der Waals surface area contributed by atoms with Crippen LogP contribution in [-0.2, 0) is 0 Å². The second-order valence-corrected chi connectivity index (χ2v) is 5.05. The third kappa shape index (κ3) is 3.13.